The fraction of sp³-hybridized carbons (Fsp3) is 0.238. The summed E-state index contributed by atoms with van der Waals surface area (Å²) in [5.41, 5.74) is 1.37. The standard InChI is InChI=1S/C21H21FN2O4S/c1-12(13-9-17(26-2)19(28-4)18(10-13)27-3)23-20(25)16-11-29-21(24-16)14-7-5-6-8-15(14)22/h5-12H,1-4H3,(H,23,25). The van der Waals surface area contributed by atoms with Crippen LogP contribution in [-0.2, 0) is 0 Å². The predicted molar refractivity (Wildman–Crippen MR) is 109 cm³/mol. The fourth-order valence-corrected chi connectivity index (χ4v) is 3.67. The number of nitrogens with zero attached hydrogens (tertiary/aromatic N) is 1. The lowest BCUT2D eigenvalue weighted by Crippen LogP contribution is -2.27. The average Bonchev–Trinajstić information content (AvgIpc) is 3.23. The van der Waals surface area contributed by atoms with Crippen molar-refractivity contribution in [1.82, 2.24) is 10.3 Å². The largest absolute Gasteiger partial charge is 0.493 e. The second-order valence-corrected chi connectivity index (χ2v) is 7.03. The smallest absolute Gasteiger partial charge is 0.271 e. The molecule has 0 fully saturated rings. The van der Waals surface area contributed by atoms with Crippen molar-refractivity contribution in [3.05, 3.63) is 58.9 Å². The van der Waals surface area contributed by atoms with Gasteiger partial charge in [0.1, 0.15) is 16.5 Å². The first-order valence-electron chi connectivity index (χ1n) is 8.79. The Labute approximate surface area is 172 Å². The number of nitrogens with one attached hydrogen (secondary N) is 1. The van der Waals surface area contributed by atoms with Crippen LogP contribution in [0.15, 0.2) is 41.8 Å². The van der Waals surface area contributed by atoms with Crippen molar-refractivity contribution in [2.24, 2.45) is 0 Å². The maximum Gasteiger partial charge on any atom is 0.271 e. The van der Waals surface area contributed by atoms with Crippen LogP contribution < -0.4 is 19.5 Å². The molecule has 1 N–H and O–H groups in total. The topological polar surface area (TPSA) is 69.7 Å². The lowest BCUT2D eigenvalue weighted by Gasteiger charge is -2.18. The Kier molecular flexibility index (Phi) is 6.33. The summed E-state index contributed by atoms with van der Waals surface area (Å²) in [5, 5.41) is 4.95. The number of amides is 1. The van der Waals surface area contributed by atoms with Crippen molar-refractivity contribution < 1.29 is 23.4 Å². The van der Waals surface area contributed by atoms with Gasteiger partial charge in [0.2, 0.25) is 5.75 Å². The number of methoxy groups -OCH3 is 3. The maximum atomic E-state index is 14.0. The highest BCUT2D eigenvalue weighted by Crippen LogP contribution is 2.39. The molecule has 0 radical (unpaired) electrons. The molecule has 8 heteroatoms. The van der Waals surface area contributed by atoms with E-state index in [1.807, 2.05) is 6.92 Å². The van der Waals surface area contributed by atoms with E-state index in [-0.39, 0.29) is 23.5 Å². The zero-order valence-corrected chi connectivity index (χ0v) is 17.3. The van der Waals surface area contributed by atoms with E-state index < -0.39 is 0 Å². The highest BCUT2D eigenvalue weighted by atomic mass is 32.1. The van der Waals surface area contributed by atoms with E-state index in [9.17, 15) is 9.18 Å². The molecule has 0 spiro atoms. The summed E-state index contributed by atoms with van der Waals surface area (Å²) < 4.78 is 30.0. The minimum atomic E-state index is -0.375. The molecule has 0 aliphatic carbocycles. The van der Waals surface area contributed by atoms with E-state index in [1.165, 1.54) is 38.7 Å². The summed E-state index contributed by atoms with van der Waals surface area (Å²) in [5.74, 6) is 0.743. The molecular formula is C21H21FN2O4S. The second-order valence-electron chi connectivity index (χ2n) is 6.17. The summed E-state index contributed by atoms with van der Waals surface area (Å²) in [7, 11) is 4.59. The molecular weight excluding hydrogens is 395 g/mol. The van der Waals surface area contributed by atoms with Gasteiger partial charge in [-0.1, -0.05) is 12.1 Å². The minimum Gasteiger partial charge on any atom is -0.493 e. The van der Waals surface area contributed by atoms with Gasteiger partial charge in [-0.3, -0.25) is 4.79 Å². The Morgan fingerprint density at radius 1 is 1.10 bits per heavy atom. The van der Waals surface area contributed by atoms with Crippen LogP contribution in [0.2, 0.25) is 0 Å². The molecule has 1 heterocycles. The van der Waals surface area contributed by atoms with Gasteiger partial charge in [0, 0.05) is 10.9 Å². The van der Waals surface area contributed by atoms with Gasteiger partial charge in [-0.05, 0) is 36.8 Å². The van der Waals surface area contributed by atoms with Gasteiger partial charge < -0.3 is 19.5 Å². The summed E-state index contributed by atoms with van der Waals surface area (Å²) >= 11 is 1.22. The third-order valence-electron chi connectivity index (χ3n) is 4.38. The highest BCUT2D eigenvalue weighted by molar-refractivity contribution is 7.13. The van der Waals surface area contributed by atoms with E-state index in [2.05, 4.69) is 10.3 Å². The number of carbonyl (C=O) groups excluding carboxylic acids is 1. The number of ether oxygens (including phenoxy) is 3. The van der Waals surface area contributed by atoms with E-state index in [1.54, 1.807) is 35.7 Å². The molecule has 3 rings (SSSR count). The molecule has 1 unspecified atom stereocenters. The molecule has 3 aromatic rings. The summed E-state index contributed by atoms with van der Waals surface area (Å²) in [6.07, 6.45) is 0. The molecule has 152 valence electrons. The van der Waals surface area contributed by atoms with Crippen LogP contribution in [0.1, 0.15) is 29.0 Å². The average molecular weight is 416 g/mol. The van der Waals surface area contributed by atoms with Gasteiger partial charge in [-0.25, -0.2) is 9.37 Å². The van der Waals surface area contributed by atoms with Crippen LogP contribution in [0.3, 0.4) is 0 Å². The number of thiazole rings is 1. The third-order valence-corrected chi connectivity index (χ3v) is 5.25. The number of carbonyl (C=O) groups is 1. The molecule has 0 aliphatic rings. The van der Waals surface area contributed by atoms with Gasteiger partial charge in [0.15, 0.2) is 11.5 Å². The van der Waals surface area contributed by atoms with Crippen LogP contribution in [0.25, 0.3) is 10.6 Å². The summed E-state index contributed by atoms with van der Waals surface area (Å²) in [6, 6.07) is 9.54. The van der Waals surface area contributed by atoms with Crippen LogP contribution in [-0.4, -0.2) is 32.2 Å². The SMILES string of the molecule is COc1cc(C(C)NC(=O)c2csc(-c3ccccc3F)n2)cc(OC)c1OC. The Hall–Kier alpha value is -3.13. The Bertz CT molecular complexity index is 996. The van der Waals surface area contributed by atoms with E-state index in [0.29, 0.717) is 27.8 Å². The molecule has 0 saturated heterocycles. The molecule has 2 aromatic carbocycles. The van der Waals surface area contributed by atoms with Crippen LogP contribution in [0.4, 0.5) is 4.39 Å². The molecule has 0 saturated carbocycles. The Morgan fingerprint density at radius 3 is 2.34 bits per heavy atom. The molecule has 6 nitrogen and oxygen atoms in total. The van der Waals surface area contributed by atoms with Crippen molar-refractivity contribution in [1.29, 1.82) is 0 Å². The molecule has 1 amide bonds. The number of aromatic nitrogens is 1. The third kappa shape index (κ3) is 4.32. The molecule has 1 aromatic heterocycles. The van der Waals surface area contributed by atoms with Gasteiger partial charge in [-0.15, -0.1) is 11.3 Å². The van der Waals surface area contributed by atoms with Gasteiger partial charge in [-0.2, -0.15) is 0 Å². The first-order chi connectivity index (χ1) is 14.0. The van der Waals surface area contributed by atoms with Crippen molar-refractivity contribution in [2.75, 3.05) is 21.3 Å². The number of halogens is 1. The number of rotatable bonds is 7. The van der Waals surface area contributed by atoms with E-state index in [0.717, 1.165) is 5.56 Å². The Morgan fingerprint density at radius 2 is 1.76 bits per heavy atom. The number of benzene rings is 2. The van der Waals surface area contributed by atoms with Crippen molar-refractivity contribution in [3.8, 4) is 27.8 Å². The zero-order chi connectivity index (χ0) is 21.0. The quantitative estimate of drug-likeness (QED) is 0.616. The monoisotopic (exact) mass is 416 g/mol. The van der Waals surface area contributed by atoms with Crippen molar-refractivity contribution >= 4 is 17.2 Å². The van der Waals surface area contributed by atoms with E-state index >= 15 is 0 Å². The molecule has 29 heavy (non-hydrogen) atoms. The number of hydrogen-bond donors (Lipinski definition) is 1. The fourth-order valence-electron chi connectivity index (χ4n) is 2.84. The number of hydrogen-bond acceptors (Lipinski definition) is 6. The lowest BCUT2D eigenvalue weighted by molar-refractivity contribution is 0.0935. The normalized spacial score (nSPS) is 11.6. The van der Waals surface area contributed by atoms with Gasteiger partial charge in [0.05, 0.1) is 27.4 Å². The first kappa shape index (κ1) is 20.6. The van der Waals surface area contributed by atoms with Crippen LogP contribution >= 0.6 is 11.3 Å². The maximum absolute atomic E-state index is 14.0. The molecule has 1 atom stereocenters. The predicted octanol–water partition coefficient (Wildman–Crippen LogP) is 4.47. The Balaban J connectivity index is 1.80. The molecule has 0 bridgehead atoms. The first-order valence-corrected chi connectivity index (χ1v) is 9.67. The van der Waals surface area contributed by atoms with Gasteiger partial charge >= 0.3 is 0 Å². The van der Waals surface area contributed by atoms with Crippen LogP contribution in [0, 0.1) is 5.82 Å². The van der Waals surface area contributed by atoms with Crippen molar-refractivity contribution in [2.45, 2.75) is 13.0 Å². The van der Waals surface area contributed by atoms with E-state index in [4.69, 9.17) is 14.2 Å². The second kappa shape index (κ2) is 8.91. The molecule has 0 aliphatic heterocycles. The highest BCUT2D eigenvalue weighted by Gasteiger charge is 2.20. The van der Waals surface area contributed by atoms with Crippen LogP contribution in [0.5, 0.6) is 17.2 Å². The van der Waals surface area contributed by atoms with Crippen molar-refractivity contribution in [3.63, 3.8) is 0 Å². The summed E-state index contributed by atoms with van der Waals surface area (Å²) in [6.45, 7) is 1.84. The minimum absolute atomic E-state index is 0.229. The lowest BCUT2D eigenvalue weighted by atomic mass is 10.1. The zero-order valence-electron chi connectivity index (χ0n) is 16.5. The summed E-state index contributed by atoms with van der Waals surface area (Å²) in [4.78, 5) is 16.9. The van der Waals surface area contributed by atoms with Gasteiger partial charge in [0.25, 0.3) is 5.91 Å².